The zero-order valence-corrected chi connectivity index (χ0v) is 21.0. The van der Waals surface area contributed by atoms with Crippen LogP contribution in [0.4, 0.5) is 0 Å². The molecule has 1 saturated heterocycles. The topological polar surface area (TPSA) is 79.5 Å². The average molecular weight is 495 g/mol. The number of hydrogen-bond acceptors (Lipinski definition) is 5. The molecule has 1 aliphatic heterocycles. The zero-order valence-electron chi connectivity index (χ0n) is 20.2. The van der Waals surface area contributed by atoms with Gasteiger partial charge in [-0.05, 0) is 56.9 Å². The van der Waals surface area contributed by atoms with Crippen LogP contribution in [0.5, 0.6) is 0 Å². The minimum absolute atomic E-state index is 0.0263. The molecule has 2 heterocycles. The summed E-state index contributed by atoms with van der Waals surface area (Å²) in [6.07, 6.45) is 4.38. The van der Waals surface area contributed by atoms with Gasteiger partial charge in [-0.15, -0.1) is 0 Å². The number of unbranched alkanes of at least 4 members (excludes halogenated alkanes) is 1. The number of aromatic nitrogens is 2. The molecule has 0 aliphatic carbocycles. The lowest BCUT2D eigenvalue weighted by Crippen LogP contribution is -2.46. The monoisotopic (exact) mass is 494 g/mol. The van der Waals surface area contributed by atoms with E-state index in [0.29, 0.717) is 35.4 Å². The van der Waals surface area contributed by atoms with E-state index in [1.807, 2.05) is 43.3 Å². The number of hydrogen-bond donors (Lipinski definition) is 0. The molecule has 35 heavy (non-hydrogen) atoms. The molecule has 0 radical (unpaired) electrons. The second-order valence-electron chi connectivity index (χ2n) is 9.01. The normalized spacial score (nSPS) is 15.7. The highest BCUT2D eigenvalue weighted by Crippen LogP contribution is 2.31. The van der Waals surface area contributed by atoms with E-state index in [9.17, 15) is 9.59 Å². The van der Waals surface area contributed by atoms with Gasteiger partial charge in [-0.3, -0.25) is 9.59 Å². The van der Waals surface area contributed by atoms with Gasteiger partial charge in [-0.25, -0.2) is 0 Å². The van der Waals surface area contributed by atoms with E-state index in [0.717, 1.165) is 43.2 Å². The molecular weight excluding hydrogens is 464 g/mol. The maximum atomic E-state index is 13.5. The van der Waals surface area contributed by atoms with Crippen molar-refractivity contribution in [3.8, 4) is 11.4 Å². The highest BCUT2D eigenvalue weighted by Gasteiger charge is 2.33. The Morgan fingerprint density at radius 2 is 1.97 bits per heavy atom. The number of carbonyl (C=O) groups is 2. The van der Waals surface area contributed by atoms with Gasteiger partial charge >= 0.3 is 0 Å². The summed E-state index contributed by atoms with van der Waals surface area (Å²) in [7, 11) is 0. The van der Waals surface area contributed by atoms with Crippen molar-refractivity contribution < 1.29 is 14.1 Å². The van der Waals surface area contributed by atoms with Crippen molar-refractivity contribution >= 4 is 23.4 Å². The van der Waals surface area contributed by atoms with Gasteiger partial charge in [0.15, 0.2) is 0 Å². The molecule has 1 atom stereocenters. The van der Waals surface area contributed by atoms with Crippen LogP contribution in [0.2, 0.25) is 5.02 Å². The van der Waals surface area contributed by atoms with Crippen molar-refractivity contribution in [3.05, 3.63) is 70.6 Å². The Kier molecular flexibility index (Phi) is 8.18. The maximum Gasteiger partial charge on any atom is 0.254 e. The number of nitrogens with zero attached hydrogens (tertiary/aromatic N) is 4. The Bertz CT molecular complexity index is 1160. The van der Waals surface area contributed by atoms with Crippen LogP contribution in [0.15, 0.2) is 53.1 Å². The Labute approximate surface area is 211 Å². The Morgan fingerprint density at radius 3 is 2.71 bits per heavy atom. The van der Waals surface area contributed by atoms with Crippen LogP contribution < -0.4 is 0 Å². The smallest absolute Gasteiger partial charge is 0.254 e. The van der Waals surface area contributed by atoms with Crippen molar-refractivity contribution in [3.63, 3.8) is 0 Å². The van der Waals surface area contributed by atoms with Crippen LogP contribution in [0, 0.1) is 6.92 Å². The number of amides is 2. The molecule has 1 aliphatic rings. The highest BCUT2D eigenvalue weighted by molar-refractivity contribution is 6.30. The molecule has 4 rings (SSSR count). The van der Waals surface area contributed by atoms with Crippen molar-refractivity contribution in [2.24, 2.45) is 0 Å². The van der Waals surface area contributed by atoms with E-state index in [4.69, 9.17) is 16.1 Å². The second kappa shape index (κ2) is 11.5. The fourth-order valence-corrected chi connectivity index (χ4v) is 4.53. The predicted octanol–water partition coefficient (Wildman–Crippen LogP) is 5.69. The third-order valence-electron chi connectivity index (χ3n) is 6.33. The molecule has 184 valence electrons. The first-order valence-electron chi connectivity index (χ1n) is 12.2. The first kappa shape index (κ1) is 24.9. The van der Waals surface area contributed by atoms with Crippen molar-refractivity contribution in [2.75, 3.05) is 19.6 Å². The van der Waals surface area contributed by atoms with E-state index >= 15 is 0 Å². The fourth-order valence-electron chi connectivity index (χ4n) is 4.34. The zero-order chi connectivity index (χ0) is 24.8. The summed E-state index contributed by atoms with van der Waals surface area (Å²) in [6.45, 7) is 5.21. The lowest BCUT2D eigenvalue weighted by Gasteiger charge is -2.35. The van der Waals surface area contributed by atoms with E-state index in [1.165, 1.54) is 0 Å². The van der Waals surface area contributed by atoms with Gasteiger partial charge in [0.1, 0.15) is 12.6 Å². The second-order valence-corrected chi connectivity index (χ2v) is 9.45. The minimum atomic E-state index is -0.306. The Hall–Kier alpha value is -3.19. The first-order valence-corrected chi connectivity index (χ1v) is 12.6. The van der Waals surface area contributed by atoms with Crippen LogP contribution in [0.3, 0.4) is 0 Å². The summed E-state index contributed by atoms with van der Waals surface area (Å²) >= 11 is 6.11. The van der Waals surface area contributed by atoms with Gasteiger partial charge in [-0.1, -0.05) is 59.9 Å². The number of aryl methyl sites for hydroxylation is 1. The number of rotatable bonds is 8. The van der Waals surface area contributed by atoms with Crippen LogP contribution in [-0.2, 0) is 4.79 Å². The Balaban J connectivity index is 1.52. The molecule has 1 aromatic heterocycles. The standard InChI is InChI=1S/C27H31ClN4O3/c1-3-4-15-31(27(34)20-13-11-19(2)12-14-20)18-24(33)32-16-6-5-10-23(32)26-29-25(30-35-26)21-8-7-9-22(28)17-21/h7-9,11-14,17,23H,3-6,10,15-16,18H2,1-2H3. The molecule has 1 unspecified atom stereocenters. The molecule has 0 saturated carbocycles. The molecule has 0 N–H and O–H groups in total. The number of carbonyl (C=O) groups excluding carboxylic acids is 2. The number of piperidine rings is 1. The van der Waals surface area contributed by atoms with Crippen LogP contribution in [0.1, 0.15) is 66.9 Å². The lowest BCUT2D eigenvalue weighted by atomic mass is 10.0. The molecule has 7 nitrogen and oxygen atoms in total. The van der Waals surface area contributed by atoms with Crippen molar-refractivity contribution in [1.82, 2.24) is 19.9 Å². The molecular formula is C27H31ClN4O3. The summed E-state index contributed by atoms with van der Waals surface area (Å²) in [6, 6.07) is 14.4. The highest BCUT2D eigenvalue weighted by atomic mass is 35.5. The van der Waals surface area contributed by atoms with Gasteiger partial charge in [-0.2, -0.15) is 4.98 Å². The van der Waals surface area contributed by atoms with Gasteiger partial charge in [0, 0.05) is 29.2 Å². The molecule has 0 bridgehead atoms. The quantitative estimate of drug-likeness (QED) is 0.401. The third-order valence-corrected chi connectivity index (χ3v) is 6.56. The van der Waals surface area contributed by atoms with Crippen LogP contribution >= 0.6 is 11.6 Å². The van der Waals surface area contributed by atoms with Crippen molar-refractivity contribution in [1.29, 1.82) is 0 Å². The maximum absolute atomic E-state index is 13.5. The Morgan fingerprint density at radius 1 is 1.17 bits per heavy atom. The number of benzene rings is 2. The summed E-state index contributed by atoms with van der Waals surface area (Å²) in [5.41, 5.74) is 2.44. The summed E-state index contributed by atoms with van der Waals surface area (Å²) in [4.78, 5) is 34.8. The van der Waals surface area contributed by atoms with Crippen LogP contribution in [-0.4, -0.2) is 51.4 Å². The van der Waals surface area contributed by atoms with E-state index in [-0.39, 0.29) is 24.4 Å². The average Bonchev–Trinajstić information content (AvgIpc) is 3.37. The van der Waals surface area contributed by atoms with Gasteiger partial charge in [0.25, 0.3) is 5.91 Å². The van der Waals surface area contributed by atoms with Gasteiger partial charge in [0.2, 0.25) is 17.6 Å². The van der Waals surface area contributed by atoms with Crippen molar-refractivity contribution in [2.45, 2.75) is 52.0 Å². The summed E-state index contributed by atoms with van der Waals surface area (Å²) in [5, 5.41) is 4.72. The third kappa shape index (κ3) is 6.09. The predicted molar refractivity (Wildman–Crippen MR) is 135 cm³/mol. The first-order chi connectivity index (χ1) is 17.0. The van der Waals surface area contributed by atoms with Gasteiger partial charge in [0.05, 0.1) is 0 Å². The molecule has 8 heteroatoms. The SMILES string of the molecule is CCCCN(CC(=O)N1CCCCC1c1nc(-c2cccc(Cl)c2)no1)C(=O)c1ccc(C)cc1. The molecule has 1 fully saturated rings. The number of likely N-dealkylation sites (tertiary alicyclic amines) is 1. The number of halogens is 1. The largest absolute Gasteiger partial charge is 0.337 e. The lowest BCUT2D eigenvalue weighted by molar-refractivity contribution is -0.136. The molecule has 3 aromatic rings. The van der Waals surface area contributed by atoms with Crippen LogP contribution in [0.25, 0.3) is 11.4 Å². The molecule has 2 amide bonds. The summed E-state index contributed by atoms with van der Waals surface area (Å²) in [5.74, 6) is 0.632. The fraction of sp³-hybridized carbons (Fsp3) is 0.407. The minimum Gasteiger partial charge on any atom is -0.337 e. The summed E-state index contributed by atoms with van der Waals surface area (Å²) < 4.78 is 5.60. The van der Waals surface area contributed by atoms with Gasteiger partial charge < -0.3 is 14.3 Å². The van der Waals surface area contributed by atoms with E-state index < -0.39 is 0 Å². The molecule has 0 spiro atoms. The molecule has 2 aromatic carbocycles. The van der Waals surface area contributed by atoms with E-state index in [1.54, 1.807) is 21.9 Å². The van der Waals surface area contributed by atoms with E-state index in [2.05, 4.69) is 17.1 Å².